The Morgan fingerprint density at radius 1 is 1.69 bits per heavy atom. The van der Waals surface area contributed by atoms with Gasteiger partial charge in [0, 0.05) is 30.9 Å². The van der Waals surface area contributed by atoms with E-state index in [1.54, 1.807) is 0 Å². The monoisotopic (exact) mass is 177 g/mol. The minimum absolute atomic E-state index is 0.0667. The number of aromatic nitrogens is 1. The molecule has 1 unspecified atom stereocenters. The summed E-state index contributed by atoms with van der Waals surface area (Å²) in [6.07, 6.45) is 3.51. The van der Waals surface area contributed by atoms with Crippen LogP contribution in [0.25, 0.3) is 0 Å². The Labute approximate surface area is 78.8 Å². The summed E-state index contributed by atoms with van der Waals surface area (Å²) in [6.45, 7) is 2.85. The normalized spacial score (nSPS) is 12.4. The summed E-state index contributed by atoms with van der Waals surface area (Å²) in [6, 6.07) is 6.22. The Hall–Kier alpha value is -1.27. The number of nitrogens with zero attached hydrogens (tertiary/aromatic N) is 2. The third kappa shape index (κ3) is 2.60. The highest BCUT2D eigenvalue weighted by Gasteiger charge is 2.04. The molecule has 0 spiro atoms. The van der Waals surface area contributed by atoms with E-state index in [0.717, 1.165) is 18.7 Å². The average molecular weight is 177 g/mol. The lowest BCUT2D eigenvalue weighted by Gasteiger charge is -2.10. The van der Waals surface area contributed by atoms with Gasteiger partial charge >= 0.3 is 0 Å². The van der Waals surface area contributed by atoms with Crippen LogP contribution >= 0.6 is 0 Å². The molecule has 0 aliphatic rings. The van der Waals surface area contributed by atoms with Crippen LogP contribution in [0.2, 0.25) is 0 Å². The molecule has 70 valence electrons. The lowest BCUT2D eigenvalue weighted by molar-refractivity contribution is 0.600. The maximum atomic E-state index is 8.39. The summed E-state index contributed by atoms with van der Waals surface area (Å²) >= 11 is 0. The first-order valence-corrected chi connectivity index (χ1v) is 4.53. The topological polar surface area (TPSA) is 54.7 Å². The van der Waals surface area contributed by atoms with Gasteiger partial charge in [0.15, 0.2) is 0 Å². The molecule has 1 atom stereocenters. The quantitative estimate of drug-likeness (QED) is 0.713. The molecule has 1 aromatic rings. The van der Waals surface area contributed by atoms with Crippen molar-refractivity contribution in [2.24, 2.45) is 5.73 Å². The van der Waals surface area contributed by atoms with Crippen molar-refractivity contribution in [3.8, 4) is 6.07 Å². The van der Waals surface area contributed by atoms with Crippen LogP contribution in [-0.2, 0) is 6.54 Å². The fourth-order valence-electron chi connectivity index (χ4n) is 1.37. The zero-order chi connectivity index (χ0) is 9.68. The number of rotatable bonds is 4. The van der Waals surface area contributed by atoms with Gasteiger partial charge in [-0.05, 0) is 25.5 Å². The molecule has 0 aliphatic carbocycles. The third-order valence-corrected chi connectivity index (χ3v) is 2.02. The van der Waals surface area contributed by atoms with Crippen molar-refractivity contribution < 1.29 is 0 Å². The van der Waals surface area contributed by atoms with Gasteiger partial charge < -0.3 is 10.3 Å². The lowest BCUT2D eigenvalue weighted by Crippen LogP contribution is -2.11. The molecule has 13 heavy (non-hydrogen) atoms. The number of aryl methyl sites for hydroxylation is 1. The molecule has 0 bridgehead atoms. The van der Waals surface area contributed by atoms with E-state index in [0.29, 0.717) is 6.42 Å². The van der Waals surface area contributed by atoms with E-state index in [2.05, 4.69) is 10.6 Å². The Balaban J connectivity index is 2.56. The van der Waals surface area contributed by atoms with Gasteiger partial charge in [0.05, 0.1) is 6.07 Å². The van der Waals surface area contributed by atoms with Gasteiger partial charge in [0.25, 0.3) is 0 Å². The molecule has 0 aromatic carbocycles. The zero-order valence-corrected chi connectivity index (χ0v) is 7.90. The maximum Gasteiger partial charge on any atom is 0.0622 e. The second-order valence-electron chi connectivity index (χ2n) is 3.18. The number of hydrogen-bond donors (Lipinski definition) is 1. The lowest BCUT2D eigenvalue weighted by atomic mass is 10.2. The predicted molar refractivity (Wildman–Crippen MR) is 51.9 cm³/mol. The Kier molecular flexibility index (Phi) is 3.53. The van der Waals surface area contributed by atoms with E-state index in [9.17, 15) is 0 Å². The van der Waals surface area contributed by atoms with Gasteiger partial charge in [0.1, 0.15) is 0 Å². The maximum absolute atomic E-state index is 8.39. The minimum atomic E-state index is 0.0667. The number of hydrogen-bond acceptors (Lipinski definition) is 2. The van der Waals surface area contributed by atoms with Gasteiger partial charge in [-0.15, -0.1) is 0 Å². The highest BCUT2D eigenvalue weighted by atomic mass is 15.0. The predicted octanol–water partition coefficient (Wildman–Crippen LogP) is 1.81. The minimum Gasteiger partial charge on any atom is -0.350 e. The first-order valence-electron chi connectivity index (χ1n) is 4.53. The van der Waals surface area contributed by atoms with Crippen LogP contribution in [0.15, 0.2) is 18.3 Å². The summed E-state index contributed by atoms with van der Waals surface area (Å²) in [4.78, 5) is 0. The van der Waals surface area contributed by atoms with Crippen molar-refractivity contribution in [3.63, 3.8) is 0 Å². The Bertz CT molecular complexity index is 293. The Morgan fingerprint density at radius 2 is 2.46 bits per heavy atom. The van der Waals surface area contributed by atoms with Crippen LogP contribution in [0, 0.1) is 11.3 Å². The molecule has 3 heteroatoms. The molecule has 1 aromatic heterocycles. The van der Waals surface area contributed by atoms with Crippen LogP contribution in [-0.4, -0.2) is 4.57 Å². The van der Waals surface area contributed by atoms with Gasteiger partial charge in [-0.3, -0.25) is 0 Å². The molecule has 0 radical (unpaired) electrons. The molecule has 0 saturated carbocycles. The van der Waals surface area contributed by atoms with Crippen molar-refractivity contribution in [1.29, 1.82) is 5.26 Å². The first-order chi connectivity index (χ1) is 6.25. The highest BCUT2D eigenvalue weighted by Crippen LogP contribution is 2.11. The molecule has 2 N–H and O–H groups in total. The molecule has 0 amide bonds. The summed E-state index contributed by atoms with van der Waals surface area (Å²) < 4.78 is 2.11. The van der Waals surface area contributed by atoms with E-state index in [1.807, 2.05) is 25.3 Å². The smallest absolute Gasteiger partial charge is 0.0622 e. The molecule has 0 fully saturated rings. The van der Waals surface area contributed by atoms with Crippen molar-refractivity contribution in [3.05, 3.63) is 24.0 Å². The fraction of sp³-hybridized carbons (Fsp3) is 0.500. The van der Waals surface area contributed by atoms with E-state index in [1.165, 1.54) is 0 Å². The van der Waals surface area contributed by atoms with Crippen LogP contribution in [0.4, 0.5) is 0 Å². The largest absolute Gasteiger partial charge is 0.350 e. The molecule has 0 aliphatic heterocycles. The SMILES string of the molecule is CC(N)c1cccn1CCCC#N. The van der Waals surface area contributed by atoms with Crippen LogP contribution in [0.5, 0.6) is 0 Å². The number of unbranched alkanes of at least 4 members (excludes halogenated alkanes) is 1. The molecular formula is C10H15N3. The molecule has 0 saturated heterocycles. The molecular weight excluding hydrogens is 162 g/mol. The zero-order valence-electron chi connectivity index (χ0n) is 7.90. The number of nitriles is 1. The third-order valence-electron chi connectivity index (χ3n) is 2.02. The van der Waals surface area contributed by atoms with Crippen LogP contribution in [0.3, 0.4) is 0 Å². The second kappa shape index (κ2) is 4.68. The van der Waals surface area contributed by atoms with Crippen molar-refractivity contribution >= 4 is 0 Å². The van der Waals surface area contributed by atoms with Gasteiger partial charge in [-0.1, -0.05) is 0 Å². The first kappa shape index (κ1) is 9.82. The van der Waals surface area contributed by atoms with E-state index < -0.39 is 0 Å². The van der Waals surface area contributed by atoms with Crippen molar-refractivity contribution in [1.82, 2.24) is 4.57 Å². The van der Waals surface area contributed by atoms with E-state index in [-0.39, 0.29) is 6.04 Å². The van der Waals surface area contributed by atoms with Gasteiger partial charge in [-0.25, -0.2) is 0 Å². The van der Waals surface area contributed by atoms with Gasteiger partial charge in [-0.2, -0.15) is 5.26 Å². The summed E-state index contributed by atoms with van der Waals surface area (Å²) in [5.41, 5.74) is 6.91. The Morgan fingerprint density at radius 3 is 3.08 bits per heavy atom. The average Bonchev–Trinajstić information content (AvgIpc) is 2.53. The van der Waals surface area contributed by atoms with E-state index >= 15 is 0 Å². The standard InChI is InChI=1S/C10H15N3/c1-9(12)10-5-4-8-13(10)7-3-2-6-11/h4-5,8-9H,2-3,7,12H2,1H3. The van der Waals surface area contributed by atoms with Crippen LogP contribution < -0.4 is 5.73 Å². The molecule has 1 rings (SSSR count). The van der Waals surface area contributed by atoms with Crippen molar-refractivity contribution in [2.75, 3.05) is 0 Å². The molecule has 3 nitrogen and oxygen atoms in total. The summed E-state index contributed by atoms with van der Waals surface area (Å²) in [5.74, 6) is 0. The molecule has 1 heterocycles. The highest BCUT2D eigenvalue weighted by molar-refractivity contribution is 5.10. The fourth-order valence-corrected chi connectivity index (χ4v) is 1.37. The summed E-state index contributed by atoms with van der Waals surface area (Å²) in [7, 11) is 0. The van der Waals surface area contributed by atoms with E-state index in [4.69, 9.17) is 11.0 Å². The summed E-state index contributed by atoms with van der Waals surface area (Å²) in [5, 5.41) is 8.39. The number of nitrogens with two attached hydrogens (primary N) is 1. The second-order valence-corrected chi connectivity index (χ2v) is 3.18. The van der Waals surface area contributed by atoms with Crippen molar-refractivity contribution in [2.45, 2.75) is 32.4 Å². The van der Waals surface area contributed by atoms with Gasteiger partial charge in [0.2, 0.25) is 0 Å². The van der Waals surface area contributed by atoms with Crippen LogP contribution in [0.1, 0.15) is 31.5 Å².